The van der Waals surface area contributed by atoms with Gasteiger partial charge in [0.1, 0.15) is 0 Å². The Labute approximate surface area is 149 Å². The van der Waals surface area contributed by atoms with Gasteiger partial charge in [-0.05, 0) is 53.9 Å². The highest BCUT2D eigenvalue weighted by molar-refractivity contribution is 6.07. The molecule has 0 aromatic heterocycles. The molecule has 0 spiro atoms. The van der Waals surface area contributed by atoms with Crippen LogP contribution in [-0.2, 0) is 0 Å². The van der Waals surface area contributed by atoms with E-state index in [4.69, 9.17) is 0 Å². The Kier molecular flexibility index (Phi) is 4.21. The van der Waals surface area contributed by atoms with Gasteiger partial charge in [-0.15, -0.1) is 0 Å². The number of alkyl halides is 3. The molecule has 2 aromatic carbocycles. The molecule has 2 bridgehead atoms. The number of benzene rings is 2. The molecule has 1 amide bonds. The van der Waals surface area contributed by atoms with Crippen molar-refractivity contribution >= 4 is 22.9 Å². The molecule has 0 heterocycles. The molecule has 0 radical (unpaired) electrons. The number of hydrazone groups is 1. The first-order valence-corrected chi connectivity index (χ1v) is 8.81. The first-order valence-electron chi connectivity index (χ1n) is 8.81. The molecule has 1 N–H and O–H groups in total. The van der Waals surface area contributed by atoms with Crippen molar-refractivity contribution in [2.75, 3.05) is 0 Å². The van der Waals surface area contributed by atoms with Crippen LogP contribution < -0.4 is 5.43 Å². The highest BCUT2D eigenvalue weighted by Gasteiger charge is 2.56. The summed E-state index contributed by atoms with van der Waals surface area (Å²) >= 11 is 0. The SMILES string of the molecule is O=C(N/N=C\[C@H]1C[C@H]2C[C@H]1[C@H](C(F)(F)F)C2)c1cccc2ccccc12. The molecular weight excluding hydrogens is 341 g/mol. The van der Waals surface area contributed by atoms with Crippen molar-refractivity contribution in [3.63, 3.8) is 0 Å². The van der Waals surface area contributed by atoms with Crippen LogP contribution in [0.5, 0.6) is 0 Å². The van der Waals surface area contributed by atoms with Crippen LogP contribution in [0.25, 0.3) is 10.8 Å². The number of nitrogens with zero attached hydrogens (tertiary/aromatic N) is 1. The van der Waals surface area contributed by atoms with Gasteiger partial charge < -0.3 is 0 Å². The third-order valence-electron chi connectivity index (χ3n) is 5.75. The molecule has 6 heteroatoms. The molecule has 2 fully saturated rings. The highest BCUT2D eigenvalue weighted by atomic mass is 19.4. The third-order valence-corrected chi connectivity index (χ3v) is 5.75. The van der Waals surface area contributed by atoms with Gasteiger partial charge in [0.2, 0.25) is 0 Å². The summed E-state index contributed by atoms with van der Waals surface area (Å²) in [6.07, 6.45) is -1.06. The van der Waals surface area contributed by atoms with E-state index in [1.807, 2.05) is 30.3 Å². The zero-order valence-electron chi connectivity index (χ0n) is 14.0. The van der Waals surface area contributed by atoms with Crippen molar-refractivity contribution in [3.8, 4) is 0 Å². The number of carbonyl (C=O) groups is 1. The van der Waals surface area contributed by atoms with Crippen LogP contribution >= 0.6 is 0 Å². The number of hydrogen-bond donors (Lipinski definition) is 1. The highest BCUT2D eigenvalue weighted by Crippen LogP contribution is 2.56. The Morgan fingerprint density at radius 2 is 1.85 bits per heavy atom. The quantitative estimate of drug-likeness (QED) is 0.621. The van der Waals surface area contributed by atoms with E-state index in [0.29, 0.717) is 12.0 Å². The van der Waals surface area contributed by atoms with Crippen LogP contribution in [0, 0.1) is 23.7 Å². The average Bonchev–Trinajstić information content (AvgIpc) is 3.21. The molecule has 0 unspecified atom stereocenters. The van der Waals surface area contributed by atoms with E-state index in [9.17, 15) is 18.0 Å². The fraction of sp³-hybridized carbons (Fsp3) is 0.400. The van der Waals surface area contributed by atoms with Crippen LogP contribution in [0.15, 0.2) is 47.6 Å². The lowest BCUT2D eigenvalue weighted by Crippen LogP contribution is -2.33. The molecule has 2 aromatic rings. The molecule has 0 aliphatic heterocycles. The molecule has 4 rings (SSSR count). The Balaban J connectivity index is 1.45. The number of halogens is 3. The lowest BCUT2D eigenvalue weighted by atomic mass is 9.81. The maximum absolute atomic E-state index is 13.1. The van der Waals surface area contributed by atoms with Gasteiger partial charge in [-0.1, -0.05) is 36.4 Å². The van der Waals surface area contributed by atoms with Gasteiger partial charge in [-0.25, -0.2) is 5.43 Å². The molecule has 4 atom stereocenters. The number of hydrogen-bond acceptors (Lipinski definition) is 2. The van der Waals surface area contributed by atoms with Gasteiger partial charge in [0.05, 0.1) is 5.92 Å². The van der Waals surface area contributed by atoms with Crippen LogP contribution in [0.4, 0.5) is 13.2 Å². The Bertz CT molecular complexity index is 856. The lowest BCUT2D eigenvalue weighted by Gasteiger charge is -2.28. The van der Waals surface area contributed by atoms with E-state index < -0.39 is 18.0 Å². The zero-order chi connectivity index (χ0) is 18.3. The fourth-order valence-corrected chi connectivity index (χ4v) is 4.63. The Morgan fingerprint density at radius 1 is 1.08 bits per heavy atom. The Morgan fingerprint density at radius 3 is 2.62 bits per heavy atom. The smallest absolute Gasteiger partial charge is 0.267 e. The first kappa shape index (κ1) is 17.1. The van der Waals surface area contributed by atoms with Crippen LogP contribution in [0.1, 0.15) is 29.6 Å². The summed E-state index contributed by atoms with van der Waals surface area (Å²) in [6.45, 7) is 0. The summed E-state index contributed by atoms with van der Waals surface area (Å²) in [5, 5.41) is 5.75. The minimum absolute atomic E-state index is 0.122. The van der Waals surface area contributed by atoms with Crippen molar-refractivity contribution in [3.05, 3.63) is 48.0 Å². The normalized spacial score (nSPS) is 28.1. The van der Waals surface area contributed by atoms with E-state index in [2.05, 4.69) is 10.5 Å². The summed E-state index contributed by atoms with van der Waals surface area (Å²) in [4.78, 5) is 12.4. The van der Waals surface area contributed by atoms with Crippen LogP contribution in [0.2, 0.25) is 0 Å². The van der Waals surface area contributed by atoms with Crippen molar-refractivity contribution in [1.82, 2.24) is 5.43 Å². The molecule has 136 valence electrons. The van der Waals surface area contributed by atoms with E-state index in [1.165, 1.54) is 6.21 Å². The number of rotatable bonds is 3. The Hall–Kier alpha value is -2.37. The van der Waals surface area contributed by atoms with E-state index in [0.717, 1.165) is 17.2 Å². The van der Waals surface area contributed by atoms with Gasteiger partial charge in [0.25, 0.3) is 5.91 Å². The predicted octanol–water partition coefficient (Wildman–Crippen LogP) is 4.78. The molecule has 26 heavy (non-hydrogen) atoms. The topological polar surface area (TPSA) is 41.5 Å². The molecule has 2 saturated carbocycles. The zero-order valence-corrected chi connectivity index (χ0v) is 14.0. The maximum atomic E-state index is 13.1. The summed E-state index contributed by atoms with van der Waals surface area (Å²) in [5.41, 5.74) is 2.98. The minimum atomic E-state index is -4.14. The summed E-state index contributed by atoms with van der Waals surface area (Å²) in [7, 11) is 0. The fourth-order valence-electron chi connectivity index (χ4n) is 4.63. The van der Waals surface area contributed by atoms with Crippen LogP contribution in [0.3, 0.4) is 0 Å². The van der Waals surface area contributed by atoms with Crippen molar-refractivity contribution in [2.45, 2.75) is 25.4 Å². The van der Waals surface area contributed by atoms with E-state index >= 15 is 0 Å². The average molecular weight is 360 g/mol. The molecule has 0 saturated heterocycles. The summed E-state index contributed by atoms with van der Waals surface area (Å²) in [6, 6.07) is 13.0. The third kappa shape index (κ3) is 3.08. The second-order valence-electron chi connectivity index (χ2n) is 7.29. The molecule has 2 aliphatic carbocycles. The van der Waals surface area contributed by atoms with Crippen molar-refractivity contribution in [2.24, 2.45) is 28.8 Å². The van der Waals surface area contributed by atoms with Crippen molar-refractivity contribution in [1.29, 1.82) is 0 Å². The predicted molar refractivity (Wildman–Crippen MR) is 93.8 cm³/mol. The standard InChI is InChI=1S/C20H19F3N2O/c21-20(22,23)18-10-12-8-14(17(18)9-12)11-24-25-19(26)16-7-3-5-13-4-1-2-6-15(13)16/h1-7,11-12,14,17-18H,8-10H2,(H,25,26)/b24-11-/t12-,14+,17+,18+/m0/s1. The van der Waals surface area contributed by atoms with Gasteiger partial charge >= 0.3 is 6.18 Å². The molecule has 3 nitrogen and oxygen atoms in total. The van der Waals surface area contributed by atoms with Gasteiger partial charge in [-0.3, -0.25) is 4.79 Å². The molecular formula is C20H19F3N2O. The minimum Gasteiger partial charge on any atom is -0.267 e. The van der Waals surface area contributed by atoms with Gasteiger partial charge in [-0.2, -0.15) is 18.3 Å². The largest absolute Gasteiger partial charge is 0.392 e. The van der Waals surface area contributed by atoms with E-state index in [1.54, 1.807) is 12.1 Å². The lowest BCUT2D eigenvalue weighted by molar-refractivity contribution is -0.189. The van der Waals surface area contributed by atoms with Crippen molar-refractivity contribution < 1.29 is 18.0 Å². The number of nitrogens with one attached hydrogen (secondary N) is 1. The van der Waals surface area contributed by atoms with Gasteiger partial charge in [0.15, 0.2) is 0 Å². The number of carbonyl (C=O) groups excluding carboxylic acids is 1. The number of fused-ring (bicyclic) bond motifs is 3. The monoisotopic (exact) mass is 360 g/mol. The second kappa shape index (κ2) is 6.41. The summed E-state index contributed by atoms with van der Waals surface area (Å²) < 4.78 is 39.3. The molecule has 2 aliphatic rings. The maximum Gasteiger partial charge on any atom is 0.392 e. The first-order chi connectivity index (χ1) is 12.4. The van der Waals surface area contributed by atoms with Crippen LogP contribution in [-0.4, -0.2) is 18.3 Å². The summed E-state index contributed by atoms with van der Waals surface area (Å²) in [5.74, 6) is -2.08. The van der Waals surface area contributed by atoms with Gasteiger partial charge in [0, 0.05) is 11.8 Å². The van der Waals surface area contributed by atoms with E-state index in [-0.39, 0.29) is 24.2 Å². The second-order valence-corrected chi connectivity index (χ2v) is 7.29. The number of amides is 1.